The van der Waals surface area contributed by atoms with E-state index in [2.05, 4.69) is 11.9 Å². The Morgan fingerprint density at radius 1 is 1.11 bits per heavy atom. The van der Waals surface area contributed by atoms with Crippen molar-refractivity contribution in [1.82, 2.24) is 5.32 Å². The molecule has 0 aliphatic heterocycles. The molecule has 104 valence electrons. The zero-order valence-corrected chi connectivity index (χ0v) is 11.4. The van der Waals surface area contributed by atoms with Gasteiger partial charge in [0.05, 0.1) is 0 Å². The molecule has 19 heavy (non-hydrogen) atoms. The zero-order valence-electron chi connectivity index (χ0n) is 11.4. The van der Waals surface area contributed by atoms with Crippen LogP contribution in [0.4, 0.5) is 4.79 Å². The third-order valence-electron chi connectivity index (χ3n) is 4.89. The van der Waals surface area contributed by atoms with Gasteiger partial charge in [-0.05, 0) is 63.2 Å². The van der Waals surface area contributed by atoms with E-state index in [1.165, 1.54) is 19.3 Å². The summed E-state index contributed by atoms with van der Waals surface area (Å²) in [5.41, 5.74) is 0.0243. The first-order valence-corrected chi connectivity index (χ1v) is 7.15. The van der Waals surface area contributed by atoms with Crippen molar-refractivity contribution in [2.24, 2.45) is 17.8 Å². The molecule has 4 aliphatic rings. The highest BCUT2D eigenvalue weighted by Crippen LogP contribution is 2.57. The van der Waals surface area contributed by atoms with Gasteiger partial charge in [0.25, 0.3) is 5.91 Å². The van der Waals surface area contributed by atoms with Crippen LogP contribution in [0.5, 0.6) is 0 Å². The van der Waals surface area contributed by atoms with Crippen molar-refractivity contribution in [3.63, 3.8) is 0 Å². The van der Waals surface area contributed by atoms with Crippen LogP contribution in [-0.2, 0) is 9.53 Å². The van der Waals surface area contributed by atoms with E-state index in [9.17, 15) is 9.59 Å². The van der Waals surface area contributed by atoms with Crippen LogP contribution in [-0.4, -0.2) is 17.6 Å². The summed E-state index contributed by atoms with van der Waals surface area (Å²) in [4.78, 5) is 23.3. The molecule has 0 radical (unpaired) electrons. The van der Waals surface area contributed by atoms with Gasteiger partial charge in [-0.2, -0.15) is 0 Å². The topological polar surface area (TPSA) is 55.4 Å². The summed E-state index contributed by atoms with van der Waals surface area (Å²) in [5.74, 6) is 1.71. The van der Waals surface area contributed by atoms with Crippen LogP contribution in [0.15, 0.2) is 12.2 Å². The highest BCUT2D eigenvalue weighted by Gasteiger charge is 2.53. The highest BCUT2D eigenvalue weighted by molar-refractivity contribution is 6.01. The van der Waals surface area contributed by atoms with E-state index in [0.29, 0.717) is 5.57 Å². The Labute approximate surface area is 113 Å². The summed E-state index contributed by atoms with van der Waals surface area (Å²) in [5, 5.41) is 2.25. The van der Waals surface area contributed by atoms with Gasteiger partial charge in [0.2, 0.25) is 0 Å². The van der Waals surface area contributed by atoms with Crippen molar-refractivity contribution in [2.45, 2.75) is 51.0 Å². The molecule has 4 nitrogen and oxygen atoms in total. The van der Waals surface area contributed by atoms with E-state index in [4.69, 9.17) is 4.74 Å². The lowest BCUT2D eigenvalue weighted by Gasteiger charge is -2.55. The molecule has 4 bridgehead atoms. The lowest BCUT2D eigenvalue weighted by molar-refractivity contribution is -0.130. The predicted molar refractivity (Wildman–Crippen MR) is 70.3 cm³/mol. The van der Waals surface area contributed by atoms with Gasteiger partial charge >= 0.3 is 6.09 Å². The largest absolute Gasteiger partial charge is 0.443 e. The van der Waals surface area contributed by atoms with Crippen LogP contribution in [0.3, 0.4) is 0 Å². The molecule has 0 aromatic carbocycles. The SMILES string of the molecule is C=C(C)C(=O)NC(=O)OC12CC3CC(CC(C3)C1)C2. The van der Waals surface area contributed by atoms with Crippen LogP contribution in [0.25, 0.3) is 0 Å². The molecule has 4 saturated carbocycles. The normalized spacial score (nSPS) is 38.9. The Balaban J connectivity index is 1.64. The third-order valence-corrected chi connectivity index (χ3v) is 4.89. The molecule has 4 aliphatic carbocycles. The van der Waals surface area contributed by atoms with Gasteiger partial charge in [0.15, 0.2) is 0 Å². The number of carbonyl (C=O) groups is 2. The Morgan fingerprint density at radius 3 is 2.00 bits per heavy atom. The minimum Gasteiger partial charge on any atom is -0.443 e. The summed E-state index contributed by atoms with van der Waals surface area (Å²) in [6.45, 7) is 5.09. The lowest BCUT2D eigenvalue weighted by Crippen LogP contribution is -2.54. The Morgan fingerprint density at radius 2 is 1.58 bits per heavy atom. The van der Waals surface area contributed by atoms with Gasteiger partial charge in [0.1, 0.15) is 5.60 Å². The first-order chi connectivity index (χ1) is 8.96. The summed E-state index contributed by atoms with van der Waals surface area (Å²) < 4.78 is 5.66. The van der Waals surface area contributed by atoms with Crippen LogP contribution >= 0.6 is 0 Å². The Hall–Kier alpha value is -1.32. The van der Waals surface area contributed by atoms with Crippen molar-refractivity contribution in [1.29, 1.82) is 0 Å². The quantitative estimate of drug-likeness (QED) is 0.779. The van der Waals surface area contributed by atoms with Crippen LogP contribution in [0.2, 0.25) is 0 Å². The number of rotatable bonds is 2. The number of hydrogen-bond acceptors (Lipinski definition) is 3. The molecule has 4 fully saturated rings. The average Bonchev–Trinajstić information content (AvgIpc) is 2.25. The van der Waals surface area contributed by atoms with E-state index >= 15 is 0 Å². The van der Waals surface area contributed by atoms with Crippen molar-refractivity contribution < 1.29 is 14.3 Å². The number of carbonyl (C=O) groups excluding carboxylic acids is 2. The zero-order chi connectivity index (χ0) is 13.6. The average molecular weight is 263 g/mol. The smallest absolute Gasteiger partial charge is 0.414 e. The summed E-state index contributed by atoms with van der Waals surface area (Å²) in [7, 11) is 0. The molecular weight excluding hydrogens is 242 g/mol. The van der Waals surface area contributed by atoms with Crippen LogP contribution in [0, 0.1) is 17.8 Å². The fourth-order valence-electron chi connectivity index (χ4n) is 4.58. The molecule has 0 saturated heterocycles. The van der Waals surface area contributed by atoms with Gasteiger partial charge in [-0.3, -0.25) is 10.1 Å². The van der Waals surface area contributed by atoms with E-state index in [-0.39, 0.29) is 5.60 Å². The fraction of sp³-hybridized carbons (Fsp3) is 0.733. The van der Waals surface area contributed by atoms with Crippen molar-refractivity contribution in [2.75, 3.05) is 0 Å². The number of alkyl carbamates (subject to hydrolysis) is 1. The van der Waals surface area contributed by atoms with E-state index in [0.717, 1.165) is 37.0 Å². The van der Waals surface area contributed by atoms with Crippen molar-refractivity contribution in [3.8, 4) is 0 Å². The Kier molecular flexibility index (Phi) is 2.91. The number of ether oxygens (including phenoxy) is 1. The first-order valence-electron chi connectivity index (χ1n) is 7.15. The van der Waals surface area contributed by atoms with E-state index in [1.807, 2.05) is 0 Å². The van der Waals surface area contributed by atoms with Gasteiger partial charge < -0.3 is 4.74 Å². The maximum absolute atomic E-state index is 11.8. The Bertz CT molecular complexity index is 405. The van der Waals surface area contributed by atoms with E-state index < -0.39 is 12.0 Å². The van der Waals surface area contributed by atoms with Gasteiger partial charge in [-0.15, -0.1) is 0 Å². The minimum atomic E-state index is -0.602. The molecule has 0 atom stereocenters. The summed E-state index contributed by atoms with van der Waals surface area (Å²) in [6.07, 6.45) is 6.24. The maximum Gasteiger partial charge on any atom is 0.414 e. The third kappa shape index (κ3) is 2.40. The molecule has 0 heterocycles. The monoisotopic (exact) mass is 263 g/mol. The second-order valence-corrected chi connectivity index (χ2v) is 6.72. The second kappa shape index (κ2) is 4.36. The van der Waals surface area contributed by atoms with Gasteiger partial charge in [-0.25, -0.2) is 4.79 Å². The van der Waals surface area contributed by atoms with Crippen LogP contribution in [0.1, 0.15) is 45.4 Å². The van der Waals surface area contributed by atoms with Crippen molar-refractivity contribution in [3.05, 3.63) is 12.2 Å². The standard InChI is InChI=1S/C15H21NO3/c1-9(2)13(17)16-14(18)19-15-6-10-3-11(7-15)5-12(4-10)8-15/h10-12H,1,3-8H2,2H3,(H,16,17,18). The molecule has 1 N–H and O–H groups in total. The highest BCUT2D eigenvalue weighted by atomic mass is 16.6. The maximum atomic E-state index is 11.8. The lowest BCUT2D eigenvalue weighted by atomic mass is 9.54. The minimum absolute atomic E-state index is 0.297. The van der Waals surface area contributed by atoms with E-state index in [1.54, 1.807) is 6.92 Å². The van der Waals surface area contributed by atoms with Crippen molar-refractivity contribution >= 4 is 12.0 Å². The van der Waals surface area contributed by atoms with Crippen LogP contribution < -0.4 is 5.32 Å². The fourth-order valence-corrected chi connectivity index (χ4v) is 4.58. The number of hydrogen-bond donors (Lipinski definition) is 1. The summed E-state index contributed by atoms with van der Waals surface area (Å²) >= 11 is 0. The van der Waals surface area contributed by atoms with Gasteiger partial charge in [0, 0.05) is 5.57 Å². The molecule has 2 amide bonds. The molecule has 0 aromatic rings. The molecule has 4 heteroatoms. The number of nitrogens with one attached hydrogen (secondary N) is 1. The number of imide groups is 1. The molecule has 0 unspecified atom stereocenters. The molecule has 0 spiro atoms. The molecular formula is C15H21NO3. The van der Waals surface area contributed by atoms with Gasteiger partial charge in [-0.1, -0.05) is 6.58 Å². The molecule has 0 aromatic heterocycles. The second-order valence-electron chi connectivity index (χ2n) is 6.72. The first kappa shape index (κ1) is 12.7. The number of amides is 2. The predicted octanol–water partition coefficient (Wildman–Crippen LogP) is 2.78. The summed E-state index contributed by atoms with van der Waals surface area (Å²) in [6, 6.07) is 0. The molecule has 4 rings (SSSR count).